The van der Waals surface area contributed by atoms with Gasteiger partial charge in [0.25, 0.3) is 0 Å². The highest BCUT2D eigenvalue weighted by atomic mass is 16.3. The van der Waals surface area contributed by atoms with E-state index in [1.165, 1.54) is 0 Å². The number of aromatic nitrogens is 1. The molecule has 0 saturated heterocycles. The maximum Gasteiger partial charge on any atom is 0.202 e. The van der Waals surface area contributed by atoms with E-state index in [9.17, 15) is 10.2 Å². The number of azo groups is 2. The van der Waals surface area contributed by atoms with E-state index in [1.54, 1.807) is 30.5 Å². The number of phenols is 2. The first kappa shape index (κ1) is 19.3. The SMILES string of the molecule is Oc1c(N=Nc2cccnc2N=Nc2ccc3ccccc3c2O)ccc2ccccc12. The third-order valence-electron chi connectivity index (χ3n) is 5.04. The number of rotatable bonds is 4. The van der Waals surface area contributed by atoms with Crippen molar-refractivity contribution < 1.29 is 10.2 Å². The van der Waals surface area contributed by atoms with Crippen LogP contribution in [0.15, 0.2) is 112 Å². The molecule has 0 radical (unpaired) electrons. The van der Waals surface area contributed by atoms with E-state index in [2.05, 4.69) is 25.4 Å². The van der Waals surface area contributed by atoms with Crippen molar-refractivity contribution in [2.75, 3.05) is 0 Å². The zero-order valence-corrected chi connectivity index (χ0v) is 16.8. The molecule has 0 atom stereocenters. The van der Waals surface area contributed by atoms with Crippen molar-refractivity contribution in [2.45, 2.75) is 0 Å². The molecule has 0 aliphatic rings. The molecule has 5 aromatic rings. The van der Waals surface area contributed by atoms with Crippen molar-refractivity contribution in [1.82, 2.24) is 4.98 Å². The van der Waals surface area contributed by atoms with Crippen LogP contribution in [0.1, 0.15) is 0 Å². The summed E-state index contributed by atoms with van der Waals surface area (Å²) in [4.78, 5) is 4.21. The van der Waals surface area contributed by atoms with Gasteiger partial charge in [0, 0.05) is 17.0 Å². The average Bonchev–Trinajstić information content (AvgIpc) is 2.84. The highest BCUT2D eigenvalue weighted by Gasteiger charge is 2.08. The number of benzene rings is 4. The Morgan fingerprint density at radius 1 is 0.500 bits per heavy atom. The largest absolute Gasteiger partial charge is 0.505 e. The van der Waals surface area contributed by atoms with E-state index >= 15 is 0 Å². The van der Waals surface area contributed by atoms with Crippen LogP contribution >= 0.6 is 0 Å². The van der Waals surface area contributed by atoms with Crippen LogP contribution in [0.4, 0.5) is 22.9 Å². The summed E-state index contributed by atoms with van der Waals surface area (Å²) in [5, 5.41) is 41.0. The number of pyridine rings is 1. The van der Waals surface area contributed by atoms with Crippen molar-refractivity contribution in [3.63, 3.8) is 0 Å². The fraction of sp³-hybridized carbons (Fsp3) is 0. The smallest absolute Gasteiger partial charge is 0.202 e. The summed E-state index contributed by atoms with van der Waals surface area (Å²) in [5.74, 6) is 0.344. The Morgan fingerprint density at radius 3 is 1.66 bits per heavy atom. The van der Waals surface area contributed by atoms with Crippen molar-refractivity contribution in [2.24, 2.45) is 20.5 Å². The zero-order valence-electron chi connectivity index (χ0n) is 16.8. The van der Waals surface area contributed by atoms with Crippen molar-refractivity contribution in [3.05, 3.63) is 91.1 Å². The summed E-state index contributed by atoms with van der Waals surface area (Å²) < 4.78 is 0. The number of nitrogens with zero attached hydrogens (tertiary/aromatic N) is 5. The Kier molecular flexibility index (Phi) is 4.97. The third-order valence-corrected chi connectivity index (χ3v) is 5.04. The first-order chi connectivity index (χ1) is 15.7. The molecule has 1 aromatic heterocycles. The number of fused-ring (bicyclic) bond motifs is 2. The molecular formula is C25H17N5O2. The minimum Gasteiger partial charge on any atom is -0.505 e. The minimum atomic E-state index is 0.0482. The van der Waals surface area contributed by atoms with E-state index in [0.29, 0.717) is 27.8 Å². The van der Waals surface area contributed by atoms with Gasteiger partial charge in [-0.25, -0.2) is 4.98 Å². The first-order valence-electron chi connectivity index (χ1n) is 9.90. The molecule has 0 unspecified atom stereocenters. The molecule has 0 aliphatic heterocycles. The molecular weight excluding hydrogens is 402 g/mol. The van der Waals surface area contributed by atoms with Gasteiger partial charge >= 0.3 is 0 Å². The van der Waals surface area contributed by atoms with Crippen LogP contribution in [-0.2, 0) is 0 Å². The van der Waals surface area contributed by atoms with Gasteiger partial charge < -0.3 is 10.2 Å². The molecule has 0 bridgehead atoms. The maximum absolute atomic E-state index is 10.5. The normalized spacial score (nSPS) is 11.8. The lowest BCUT2D eigenvalue weighted by atomic mass is 10.1. The van der Waals surface area contributed by atoms with E-state index in [0.717, 1.165) is 10.8 Å². The van der Waals surface area contributed by atoms with Gasteiger partial charge in [0.15, 0.2) is 11.5 Å². The topological polar surface area (TPSA) is 103 Å². The van der Waals surface area contributed by atoms with Crippen LogP contribution in [0.25, 0.3) is 21.5 Å². The predicted octanol–water partition coefficient (Wildman–Crippen LogP) is 7.63. The molecule has 4 aromatic carbocycles. The Bertz CT molecular complexity index is 1400. The molecule has 7 nitrogen and oxygen atoms in total. The highest BCUT2D eigenvalue weighted by Crippen LogP contribution is 2.38. The molecule has 1 heterocycles. The van der Waals surface area contributed by atoms with Crippen molar-refractivity contribution in [1.29, 1.82) is 0 Å². The summed E-state index contributed by atoms with van der Waals surface area (Å²) in [5.41, 5.74) is 1.04. The molecule has 32 heavy (non-hydrogen) atoms. The van der Waals surface area contributed by atoms with E-state index in [-0.39, 0.29) is 17.3 Å². The molecule has 0 fully saturated rings. The summed E-state index contributed by atoms with van der Waals surface area (Å²) in [7, 11) is 0. The van der Waals surface area contributed by atoms with Crippen molar-refractivity contribution >= 4 is 44.4 Å². The molecule has 0 amide bonds. The van der Waals surface area contributed by atoms with Crippen LogP contribution < -0.4 is 0 Å². The van der Waals surface area contributed by atoms with E-state index in [1.807, 2.05) is 60.7 Å². The Hall–Kier alpha value is -4.65. The van der Waals surface area contributed by atoms with E-state index in [4.69, 9.17) is 0 Å². The van der Waals surface area contributed by atoms with Gasteiger partial charge in [0.1, 0.15) is 17.1 Å². The standard InChI is InChI=1S/C25H17N5O2/c31-23-18-8-3-1-6-16(18)11-13-20(23)27-29-22-10-5-15-26-25(22)30-28-21-14-12-17-7-2-4-9-19(17)24(21)32/h1-15,31-32H. The summed E-state index contributed by atoms with van der Waals surface area (Å²) >= 11 is 0. The van der Waals surface area contributed by atoms with Crippen LogP contribution in [0, 0.1) is 0 Å². The lowest BCUT2D eigenvalue weighted by Crippen LogP contribution is -1.76. The lowest BCUT2D eigenvalue weighted by Gasteiger charge is -2.04. The minimum absolute atomic E-state index is 0.0482. The maximum atomic E-state index is 10.5. The van der Waals surface area contributed by atoms with Crippen LogP contribution in [0.3, 0.4) is 0 Å². The molecule has 0 spiro atoms. The average molecular weight is 419 g/mol. The predicted molar refractivity (Wildman–Crippen MR) is 124 cm³/mol. The first-order valence-corrected chi connectivity index (χ1v) is 9.90. The van der Waals surface area contributed by atoms with Crippen LogP contribution in [-0.4, -0.2) is 15.2 Å². The number of hydrogen-bond acceptors (Lipinski definition) is 7. The summed E-state index contributed by atoms with van der Waals surface area (Å²) in [6.07, 6.45) is 1.57. The molecule has 0 saturated carbocycles. The van der Waals surface area contributed by atoms with Crippen molar-refractivity contribution in [3.8, 4) is 11.5 Å². The quantitative estimate of drug-likeness (QED) is 0.293. The second-order valence-corrected chi connectivity index (χ2v) is 7.05. The van der Waals surface area contributed by atoms with Gasteiger partial charge in [0.2, 0.25) is 5.82 Å². The third kappa shape index (κ3) is 3.63. The van der Waals surface area contributed by atoms with Gasteiger partial charge in [-0.1, -0.05) is 60.7 Å². The molecule has 5 rings (SSSR count). The monoisotopic (exact) mass is 419 g/mol. The van der Waals surface area contributed by atoms with Gasteiger partial charge in [-0.2, -0.15) is 0 Å². The number of phenolic OH excluding ortho intramolecular Hbond substituents is 2. The Labute approximate surface area is 183 Å². The fourth-order valence-corrected chi connectivity index (χ4v) is 3.40. The van der Waals surface area contributed by atoms with Gasteiger partial charge in [0.05, 0.1) is 0 Å². The second kappa shape index (κ2) is 8.23. The zero-order chi connectivity index (χ0) is 21.9. The van der Waals surface area contributed by atoms with Crippen LogP contribution in [0.2, 0.25) is 0 Å². The Balaban J connectivity index is 1.47. The molecule has 154 valence electrons. The second-order valence-electron chi connectivity index (χ2n) is 7.05. The molecule has 7 heteroatoms. The number of aromatic hydroxyl groups is 2. The van der Waals surface area contributed by atoms with Gasteiger partial charge in [-0.05, 0) is 35.0 Å². The molecule has 0 aliphatic carbocycles. The fourth-order valence-electron chi connectivity index (χ4n) is 3.40. The Morgan fingerprint density at radius 2 is 1.03 bits per heavy atom. The number of hydrogen-bond donors (Lipinski definition) is 2. The van der Waals surface area contributed by atoms with E-state index < -0.39 is 0 Å². The van der Waals surface area contributed by atoms with Gasteiger partial charge in [-0.15, -0.1) is 20.5 Å². The molecule has 2 N–H and O–H groups in total. The summed E-state index contributed by atoms with van der Waals surface area (Å²) in [6, 6.07) is 25.5. The lowest BCUT2D eigenvalue weighted by molar-refractivity contribution is 0.482. The van der Waals surface area contributed by atoms with Crippen LogP contribution in [0.5, 0.6) is 11.5 Å². The highest BCUT2D eigenvalue weighted by molar-refractivity contribution is 5.93. The van der Waals surface area contributed by atoms with Gasteiger partial charge in [-0.3, -0.25) is 0 Å². The summed E-state index contributed by atoms with van der Waals surface area (Å²) in [6.45, 7) is 0.